The number of fused-ring (bicyclic) bond motifs is 1. The van der Waals surface area contributed by atoms with Gasteiger partial charge in [0.25, 0.3) is 5.78 Å². The summed E-state index contributed by atoms with van der Waals surface area (Å²) in [6.45, 7) is 4.08. The molecule has 0 aliphatic carbocycles. The fraction of sp³-hybridized carbons (Fsp3) is 0.308. The third kappa shape index (κ3) is 2.25. The Hall–Kier alpha value is -1.66. The van der Waals surface area contributed by atoms with E-state index >= 15 is 0 Å². The van der Waals surface area contributed by atoms with Crippen LogP contribution in [-0.4, -0.2) is 19.6 Å². The van der Waals surface area contributed by atoms with Crippen molar-refractivity contribution in [2.75, 3.05) is 5.32 Å². The van der Waals surface area contributed by atoms with Crippen LogP contribution in [0.2, 0.25) is 5.15 Å². The molecule has 0 fully saturated rings. The van der Waals surface area contributed by atoms with E-state index in [1.807, 2.05) is 6.92 Å². The average Bonchev–Trinajstić information content (AvgIpc) is 3.10. The molecule has 104 valence electrons. The Labute approximate surface area is 125 Å². The van der Waals surface area contributed by atoms with Crippen molar-refractivity contribution in [1.29, 1.82) is 0 Å². The molecule has 0 amide bonds. The fourth-order valence-corrected chi connectivity index (χ4v) is 3.12. The fourth-order valence-electron chi connectivity index (χ4n) is 2.10. The summed E-state index contributed by atoms with van der Waals surface area (Å²) in [5, 5.41) is 10.3. The molecule has 20 heavy (non-hydrogen) atoms. The molecule has 0 saturated carbocycles. The predicted molar refractivity (Wildman–Crippen MR) is 81.5 cm³/mol. The molecule has 1 atom stereocenters. The van der Waals surface area contributed by atoms with Gasteiger partial charge in [-0.3, -0.25) is 0 Å². The van der Waals surface area contributed by atoms with E-state index in [0.717, 1.165) is 17.8 Å². The van der Waals surface area contributed by atoms with Gasteiger partial charge in [-0.05, 0) is 24.8 Å². The molecular weight excluding hydrogens is 294 g/mol. The largest absolute Gasteiger partial charge is 0.362 e. The van der Waals surface area contributed by atoms with Crippen molar-refractivity contribution >= 4 is 34.5 Å². The second-order valence-electron chi connectivity index (χ2n) is 4.47. The van der Waals surface area contributed by atoms with E-state index in [2.05, 4.69) is 44.8 Å². The summed E-state index contributed by atoms with van der Waals surface area (Å²) >= 11 is 7.91. The van der Waals surface area contributed by atoms with Crippen LogP contribution in [0.5, 0.6) is 0 Å². The highest BCUT2D eigenvalue weighted by Crippen LogP contribution is 2.29. The number of hydrogen-bond acceptors (Lipinski definition) is 5. The zero-order valence-corrected chi connectivity index (χ0v) is 12.7. The minimum Gasteiger partial charge on any atom is -0.362 e. The minimum atomic E-state index is 0.222. The van der Waals surface area contributed by atoms with Gasteiger partial charge < -0.3 is 5.32 Å². The smallest absolute Gasteiger partial charge is 0.255 e. The number of hydrogen-bond donors (Lipinski definition) is 1. The van der Waals surface area contributed by atoms with Crippen LogP contribution in [0.3, 0.4) is 0 Å². The van der Waals surface area contributed by atoms with Crippen LogP contribution in [-0.2, 0) is 0 Å². The van der Waals surface area contributed by atoms with Crippen LogP contribution >= 0.6 is 22.9 Å². The number of nitrogens with one attached hydrogen (secondary N) is 1. The van der Waals surface area contributed by atoms with E-state index in [9.17, 15) is 0 Å². The van der Waals surface area contributed by atoms with E-state index in [0.29, 0.717) is 10.9 Å². The third-order valence-electron chi connectivity index (χ3n) is 3.21. The first-order valence-corrected chi connectivity index (χ1v) is 7.62. The second-order valence-corrected chi connectivity index (χ2v) is 5.81. The third-order valence-corrected chi connectivity index (χ3v) is 4.56. The second kappa shape index (κ2) is 5.38. The van der Waals surface area contributed by atoms with Gasteiger partial charge in [-0.2, -0.15) is 19.6 Å². The van der Waals surface area contributed by atoms with E-state index in [1.54, 1.807) is 15.9 Å². The van der Waals surface area contributed by atoms with E-state index in [1.165, 1.54) is 11.2 Å². The summed E-state index contributed by atoms with van der Waals surface area (Å²) in [6, 6.07) is 4.41. The molecule has 0 saturated heterocycles. The van der Waals surface area contributed by atoms with Crippen molar-refractivity contribution in [3.8, 4) is 0 Å². The van der Waals surface area contributed by atoms with Crippen LogP contribution in [0.25, 0.3) is 5.78 Å². The highest BCUT2D eigenvalue weighted by atomic mass is 35.5. The van der Waals surface area contributed by atoms with Gasteiger partial charge in [-0.25, -0.2) is 0 Å². The summed E-state index contributed by atoms with van der Waals surface area (Å²) in [5.41, 5.74) is 0.875. The molecule has 0 spiro atoms. The monoisotopic (exact) mass is 307 g/mol. The van der Waals surface area contributed by atoms with Gasteiger partial charge >= 0.3 is 0 Å². The summed E-state index contributed by atoms with van der Waals surface area (Å²) in [5.74, 6) is 1.35. The van der Waals surface area contributed by atoms with Crippen molar-refractivity contribution in [3.05, 3.63) is 39.4 Å². The topological polar surface area (TPSA) is 55.1 Å². The first-order valence-electron chi connectivity index (χ1n) is 6.36. The zero-order chi connectivity index (χ0) is 14.1. The predicted octanol–water partition coefficient (Wildman–Crippen LogP) is 3.71. The molecule has 3 aromatic heterocycles. The minimum absolute atomic E-state index is 0.222. The molecule has 0 radical (unpaired) electrons. The van der Waals surface area contributed by atoms with Crippen LogP contribution in [0.15, 0.2) is 23.8 Å². The molecule has 0 aliphatic heterocycles. The van der Waals surface area contributed by atoms with Gasteiger partial charge in [0.2, 0.25) is 0 Å². The van der Waals surface area contributed by atoms with Gasteiger partial charge in [0.15, 0.2) is 0 Å². The Morgan fingerprint density at radius 3 is 3.05 bits per heavy atom. The van der Waals surface area contributed by atoms with Crippen LogP contribution < -0.4 is 5.32 Å². The standard InChI is InChI=1S/C13H14ClN5S/c1-3-9(10-5-4-6-20-10)17-12-8(2)11(14)18-13-15-7-16-19(12)13/h4-7,9,17H,3H2,1-2H3. The van der Waals surface area contributed by atoms with Gasteiger partial charge in [-0.15, -0.1) is 11.3 Å². The highest BCUT2D eigenvalue weighted by Gasteiger charge is 2.17. The number of aromatic nitrogens is 4. The first-order chi connectivity index (χ1) is 9.70. The SMILES string of the molecule is CCC(Nc1c(C)c(Cl)nc2ncnn12)c1cccs1. The number of halogens is 1. The van der Waals surface area contributed by atoms with E-state index < -0.39 is 0 Å². The maximum absolute atomic E-state index is 6.17. The summed E-state index contributed by atoms with van der Waals surface area (Å²) in [4.78, 5) is 9.59. The van der Waals surface area contributed by atoms with Crippen molar-refractivity contribution < 1.29 is 0 Å². The van der Waals surface area contributed by atoms with Gasteiger partial charge in [-0.1, -0.05) is 24.6 Å². The Bertz CT molecular complexity index is 722. The van der Waals surface area contributed by atoms with E-state index in [-0.39, 0.29) is 6.04 Å². The summed E-state index contributed by atoms with van der Waals surface area (Å²) in [6.07, 6.45) is 2.45. The van der Waals surface area contributed by atoms with Gasteiger partial charge in [0.1, 0.15) is 17.3 Å². The quantitative estimate of drug-likeness (QED) is 0.747. The van der Waals surface area contributed by atoms with Crippen molar-refractivity contribution in [1.82, 2.24) is 19.6 Å². The number of anilines is 1. The van der Waals surface area contributed by atoms with Gasteiger partial charge in [0, 0.05) is 10.4 Å². The lowest BCUT2D eigenvalue weighted by Gasteiger charge is -2.19. The molecule has 3 rings (SSSR count). The maximum Gasteiger partial charge on any atom is 0.255 e. The molecule has 5 nitrogen and oxygen atoms in total. The molecule has 0 aliphatic rings. The Balaban J connectivity index is 2.05. The number of rotatable bonds is 4. The maximum atomic E-state index is 6.17. The Morgan fingerprint density at radius 1 is 1.50 bits per heavy atom. The average molecular weight is 308 g/mol. The molecule has 7 heteroatoms. The summed E-state index contributed by atoms with van der Waals surface area (Å²) in [7, 11) is 0. The molecule has 3 heterocycles. The molecule has 1 unspecified atom stereocenters. The van der Waals surface area contributed by atoms with Crippen LogP contribution in [0.4, 0.5) is 5.82 Å². The lowest BCUT2D eigenvalue weighted by molar-refractivity contribution is 0.745. The number of thiophene rings is 1. The van der Waals surface area contributed by atoms with Gasteiger partial charge in [0.05, 0.1) is 6.04 Å². The number of nitrogens with zero attached hydrogens (tertiary/aromatic N) is 4. The molecule has 1 N–H and O–H groups in total. The van der Waals surface area contributed by atoms with Crippen LogP contribution in [0, 0.1) is 6.92 Å². The first kappa shape index (κ1) is 13.3. The van der Waals surface area contributed by atoms with Crippen molar-refractivity contribution in [2.24, 2.45) is 0 Å². The lowest BCUT2D eigenvalue weighted by atomic mass is 10.2. The normalized spacial score (nSPS) is 12.8. The molecule has 0 aromatic carbocycles. The van der Waals surface area contributed by atoms with Crippen molar-refractivity contribution in [2.45, 2.75) is 26.3 Å². The van der Waals surface area contributed by atoms with Crippen LogP contribution in [0.1, 0.15) is 29.8 Å². The Kier molecular flexibility index (Phi) is 3.58. The lowest BCUT2D eigenvalue weighted by Crippen LogP contribution is -2.14. The zero-order valence-electron chi connectivity index (χ0n) is 11.2. The molecular formula is C13H14ClN5S. The summed E-state index contributed by atoms with van der Waals surface area (Å²) < 4.78 is 1.69. The molecule has 3 aromatic rings. The van der Waals surface area contributed by atoms with E-state index in [4.69, 9.17) is 11.6 Å². The molecule has 0 bridgehead atoms. The Morgan fingerprint density at radius 2 is 2.35 bits per heavy atom. The highest BCUT2D eigenvalue weighted by molar-refractivity contribution is 7.10. The van der Waals surface area contributed by atoms with Crippen molar-refractivity contribution in [3.63, 3.8) is 0 Å².